The molecule has 1 saturated heterocycles. The summed E-state index contributed by atoms with van der Waals surface area (Å²) >= 11 is 0. The van der Waals surface area contributed by atoms with Crippen molar-refractivity contribution in [2.75, 3.05) is 16.8 Å². The number of benzene rings is 2. The lowest BCUT2D eigenvalue weighted by atomic mass is 10.0. The number of hydrogen-bond acceptors (Lipinski definition) is 4. The lowest BCUT2D eigenvalue weighted by molar-refractivity contribution is -0.118. The van der Waals surface area contributed by atoms with E-state index < -0.39 is 15.9 Å². The number of carbonyl (C=O) groups is 1. The smallest absolute Gasteiger partial charge is 0.246 e. The van der Waals surface area contributed by atoms with Gasteiger partial charge in [-0.1, -0.05) is 48.0 Å². The molecule has 1 aliphatic rings. The first-order valence-corrected chi connectivity index (χ1v) is 10.1. The third kappa shape index (κ3) is 4.67. The Bertz CT molecular complexity index is 833. The lowest BCUT2D eigenvalue weighted by Gasteiger charge is -2.22. The highest BCUT2D eigenvalue weighted by Crippen LogP contribution is 2.20. The highest BCUT2D eigenvalue weighted by molar-refractivity contribution is 7.91. The van der Waals surface area contributed by atoms with Crippen LogP contribution in [0.15, 0.2) is 54.6 Å². The normalized spacial score (nSPS) is 20.1. The molecule has 1 aliphatic heterocycles. The van der Waals surface area contributed by atoms with Crippen LogP contribution in [0.1, 0.15) is 23.6 Å². The second-order valence-electron chi connectivity index (χ2n) is 6.47. The Hall–Kier alpha value is -2.18. The predicted molar refractivity (Wildman–Crippen MR) is 99.2 cm³/mol. The molecule has 0 unspecified atom stereocenters. The summed E-state index contributed by atoms with van der Waals surface area (Å²) < 4.78 is 23.4. The predicted octanol–water partition coefficient (Wildman–Crippen LogP) is 2.45. The van der Waals surface area contributed by atoms with Crippen LogP contribution in [0, 0.1) is 6.92 Å². The molecule has 0 bridgehead atoms. The maximum Gasteiger partial charge on any atom is 0.246 e. The van der Waals surface area contributed by atoms with E-state index in [2.05, 4.69) is 10.6 Å². The quantitative estimate of drug-likeness (QED) is 0.861. The maximum absolute atomic E-state index is 12.8. The number of aryl methyl sites for hydroxylation is 1. The fourth-order valence-corrected chi connectivity index (χ4v) is 4.67. The number of sulfone groups is 1. The molecule has 2 aromatic carbocycles. The number of amides is 1. The molecule has 1 heterocycles. The highest BCUT2D eigenvalue weighted by atomic mass is 32.2. The molecule has 2 atom stereocenters. The first-order chi connectivity index (χ1) is 11.9. The van der Waals surface area contributed by atoms with E-state index in [-0.39, 0.29) is 23.5 Å². The zero-order valence-electron chi connectivity index (χ0n) is 14.1. The second-order valence-corrected chi connectivity index (χ2v) is 8.69. The Balaban J connectivity index is 1.78. The van der Waals surface area contributed by atoms with Crippen LogP contribution in [0.4, 0.5) is 5.69 Å². The minimum absolute atomic E-state index is 0.0775. The van der Waals surface area contributed by atoms with Crippen LogP contribution in [-0.4, -0.2) is 31.9 Å². The summed E-state index contributed by atoms with van der Waals surface area (Å²) in [5.41, 5.74) is 2.65. The van der Waals surface area contributed by atoms with Crippen molar-refractivity contribution in [1.29, 1.82) is 0 Å². The van der Waals surface area contributed by atoms with Crippen LogP contribution >= 0.6 is 0 Å². The minimum Gasteiger partial charge on any atom is -0.324 e. The molecule has 1 amide bonds. The molecule has 5 nitrogen and oxygen atoms in total. The average Bonchev–Trinajstić information content (AvgIpc) is 2.94. The molecule has 0 radical (unpaired) electrons. The SMILES string of the molecule is Cc1ccc(NC(=O)[C@H](N[C@H]2CCS(=O)(=O)C2)c2ccccc2)cc1. The van der Waals surface area contributed by atoms with Gasteiger partial charge >= 0.3 is 0 Å². The summed E-state index contributed by atoms with van der Waals surface area (Å²) in [5.74, 6) is 0.0549. The Morgan fingerprint density at radius 3 is 2.36 bits per heavy atom. The second kappa shape index (κ2) is 7.37. The number of hydrogen-bond donors (Lipinski definition) is 2. The minimum atomic E-state index is -3.01. The standard InChI is InChI=1S/C19H22N2O3S/c1-14-7-9-16(10-8-14)21-19(22)18(15-5-3-2-4-6-15)20-17-11-12-25(23,24)13-17/h2-10,17-18,20H,11-13H2,1H3,(H,21,22)/t17-,18+/m0/s1. The molecule has 2 aromatic rings. The van der Waals surface area contributed by atoms with Gasteiger partial charge in [0, 0.05) is 11.7 Å². The molecular formula is C19H22N2O3S. The third-order valence-electron chi connectivity index (χ3n) is 4.35. The van der Waals surface area contributed by atoms with Crippen LogP contribution in [0.2, 0.25) is 0 Å². The Morgan fingerprint density at radius 2 is 1.76 bits per heavy atom. The monoisotopic (exact) mass is 358 g/mol. The summed E-state index contributed by atoms with van der Waals surface area (Å²) in [6.07, 6.45) is 0.531. The van der Waals surface area contributed by atoms with Gasteiger partial charge in [-0.15, -0.1) is 0 Å². The molecule has 0 spiro atoms. The first kappa shape index (κ1) is 17.6. The fourth-order valence-electron chi connectivity index (χ4n) is 2.98. The largest absolute Gasteiger partial charge is 0.324 e. The molecule has 25 heavy (non-hydrogen) atoms. The number of anilines is 1. The number of nitrogens with one attached hydrogen (secondary N) is 2. The molecule has 3 rings (SSSR count). The van der Waals surface area contributed by atoms with Crippen molar-refractivity contribution in [2.24, 2.45) is 0 Å². The Kier molecular flexibility index (Phi) is 5.20. The van der Waals surface area contributed by atoms with E-state index in [9.17, 15) is 13.2 Å². The van der Waals surface area contributed by atoms with Crippen molar-refractivity contribution in [1.82, 2.24) is 5.32 Å². The van der Waals surface area contributed by atoms with E-state index in [1.165, 1.54) is 0 Å². The van der Waals surface area contributed by atoms with Crippen LogP contribution in [0.25, 0.3) is 0 Å². The van der Waals surface area contributed by atoms with Gasteiger partial charge in [-0.2, -0.15) is 0 Å². The molecule has 6 heteroatoms. The van der Waals surface area contributed by atoms with Gasteiger partial charge in [0.1, 0.15) is 6.04 Å². The van der Waals surface area contributed by atoms with Crippen molar-refractivity contribution < 1.29 is 13.2 Å². The highest BCUT2D eigenvalue weighted by Gasteiger charge is 2.32. The molecular weight excluding hydrogens is 336 g/mol. The van der Waals surface area contributed by atoms with Crippen molar-refractivity contribution in [3.8, 4) is 0 Å². The van der Waals surface area contributed by atoms with Crippen molar-refractivity contribution >= 4 is 21.4 Å². The van der Waals surface area contributed by atoms with Gasteiger partial charge in [-0.25, -0.2) is 8.42 Å². The summed E-state index contributed by atoms with van der Waals surface area (Å²) in [5, 5.41) is 6.14. The van der Waals surface area contributed by atoms with E-state index in [0.717, 1.165) is 16.8 Å². The summed E-state index contributed by atoms with van der Waals surface area (Å²) in [4.78, 5) is 12.8. The summed E-state index contributed by atoms with van der Waals surface area (Å²) in [6, 6.07) is 16.1. The molecule has 0 saturated carbocycles. The van der Waals surface area contributed by atoms with Crippen molar-refractivity contribution in [3.63, 3.8) is 0 Å². The molecule has 0 aromatic heterocycles. The Morgan fingerprint density at radius 1 is 1.08 bits per heavy atom. The van der Waals surface area contributed by atoms with Crippen molar-refractivity contribution in [2.45, 2.75) is 25.4 Å². The summed E-state index contributed by atoms with van der Waals surface area (Å²) in [6.45, 7) is 1.99. The van der Waals surface area contributed by atoms with Gasteiger partial charge in [0.05, 0.1) is 11.5 Å². The van der Waals surface area contributed by atoms with Gasteiger partial charge in [0.25, 0.3) is 0 Å². The van der Waals surface area contributed by atoms with Crippen LogP contribution < -0.4 is 10.6 Å². The summed E-state index contributed by atoms with van der Waals surface area (Å²) in [7, 11) is -3.01. The zero-order valence-corrected chi connectivity index (χ0v) is 14.9. The first-order valence-electron chi connectivity index (χ1n) is 8.32. The number of carbonyl (C=O) groups excluding carboxylic acids is 1. The van der Waals surface area contributed by atoms with E-state index >= 15 is 0 Å². The van der Waals surface area contributed by atoms with Crippen LogP contribution in [0.5, 0.6) is 0 Å². The molecule has 2 N–H and O–H groups in total. The van der Waals surface area contributed by atoms with Crippen LogP contribution in [-0.2, 0) is 14.6 Å². The lowest BCUT2D eigenvalue weighted by Crippen LogP contribution is -2.40. The van der Waals surface area contributed by atoms with Crippen LogP contribution in [0.3, 0.4) is 0 Å². The zero-order chi connectivity index (χ0) is 17.9. The average molecular weight is 358 g/mol. The number of rotatable bonds is 5. The maximum atomic E-state index is 12.8. The van der Waals surface area contributed by atoms with E-state index in [4.69, 9.17) is 0 Å². The molecule has 1 fully saturated rings. The van der Waals surface area contributed by atoms with Gasteiger partial charge in [-0.05, 0) is 31.0 Å². The van der Waals surface area contributed by atoms with E-state index in [0.29, 0.717) is 6.42 Å². The van der Waals surface area contributed by atoms with Gasteiger partial charge in [0.15, 0.2) is 9.84 Å². The van der Waals surface area contributed by atoms with Gasteiger partial charge in [0.2, 0.25) is 5.91 Å². The third-order valence-corrected chi connectivity index (χ3v) is 6.12. The van der Waals surface area contributed by atoms with Gasteiger partial charge in [-0.3, -0.25) is 10.1 Å². The molecule has 132 valence electrons. The van der Waals surface area contributed by atoms with Crippen molar-refractivity contribution in [3.05, 3.63) is 65.7 Å². The van der Waals surface area contributed by atoms with E-state index in [1.54, 1.807) is 0 Å². The van der Waals surface area contributed by atoms with Gasteiger partial charge < -0.3 is 5.32 Å². The van der Waals surface area contributed by atoms with E-state index in [1.807, 2.05) is 61.5 Å². The Labute approximate surface area is 148 Å². The molecule has 0 aliphatic carbocycles. The fraction of sp³-hybridized carbons (Fsp3) is 0.316. The topological polar surface area (TPSA) is 75.3 Å².